The third-order valence-corrected chi connectivity index (χ3v) is 3.97. The van der Waals surface area contributed by atoms with Gasteiger partial charge in [-0.05, 0) is 52.9 Å². The van der Waals surface area contributed by atoms with Crippen molar-refractivity contribution in [2.45, 2.75) is 78.4 Å². The Bertz CT molecular complexity index is 344. The minimum Gasteiger partial charge on any atom is -0.464 e. The molecule has 0 spiro atoms. The fraction of sp³-hybridized carbons (Fsp3) is 0.824. The topological polar surface area (TPSA) is 38.8 Å². The molecule has 1 saturated heterocycles. The monoisotopic (exact) mass is 282 g/mol. The zero-order chi connectivity index (χ0) is 15.2. The van der Waals surface area contributed by atoms with E-state index in [2.05, 4.69) is 26.8 Å². The second kappa shape index (κ2) is 7.82. The number of esters is 1. The van der Waals surface area contributed by atoms with Crippen molar-refractivity contribution in [2.75, 3.05) is 6.61 Å². The van der Waals surface area contributed by atoms with Crippen molar-refractivity contribution in [1.29, 1.82) is 0 Å². The average Bonchev–Trinajstić information content (AvgIpc) is 3.01. The molecule has 3 atom stereocenters. The van der Waals surface area contributed by atoms with Crippen molar-refractivity contribution < 1.29 is 14.3 Å². The smallest absolute Gasteiger partial charge is 0.338 e. The van der Waals surface area contributed by atoms with Crippen LogP contribution in [0.4, 0.5) is 0 Å². The molecule has 1 aliphatic heterocycles. The lowest BCUT2D eigenvalue weighted by atomic mass is 9.93. The highest BCUT2D eigenvalue weighted by Crippen LogP contribution is 2.41. The lowest BCUT2D eigenvalue weighted by molar-refractivity contribution is -0.144. The number of carbonyl (C=O) groups is 1. The van der Waals surface area contributed by atoms with Gasteiger partial charge in [0.15, 0.2) is 6.10 Å². The van der Waals surface area contributed by atoms with E-state index in [9.17, 15) is 4.79 Å². The average molecular weight is 282 g/mol. The summed E-state index contributed by atoms with van der Waals surface area (Å²) in [7, 11) is 0. The molecule has 20 heavy (non-hydrogen) atoms. The van der Waals surface area contributed by atoms with Gasteiger partial charge in [-0.25, -0.2) is 4.79 Å². The van der Waals surface area contributed by atoms with Crippen LogP contribution in [0.25, 0.3) is 0 Å². The van der Waals surface area contributed by atoms with E-state index in [1.54, 1.807) is 0 Å². The lowest BCUT2D eigenvalue weighted by Crippen LogP contribution is -2.20. The highest BCUT2D eigenvalue weighted by atomic mass is 16.7. The number of allylic oxidation sites excluding steroid dienone is 2. The van der Waals surface area contributed by atoms with Crippen LogP contribution in [0.1, 0.15) is 66.7 Å². The van der Waals surface area contributed by atoms with Gasteiger partial charge in [0.2, 0.25) is 0 Å². The summed E-state index contributed by atoms with van der Waals surface area (Å²) in [5.74, 6) is 0.528. The highest BCUT2D eigenvalue weighted by molar-refractivity contribution is 5.79. The maximum absolute atomic E-state index is 11.6. The van der Waals surface area contributed by atoms with E-state index in [1.807, 2.05) is 13.8 Å². The molecule has 0 aromatic carbocycles. The Balaban J connectivity index is 2.15. The zero-order valence-corrected chi connectivity index (χ0v) is 13.7. The van der Waals surface area contributed by atoms with Crippen LogP contribution in [0.15, 0.2) is 11.6 Å². The van der Waals surface area contributed by atoms with Crippen molar-refractivity contribution in [1.82, 2.24) is 0 Å². The molecule has 1 aliphatic rings. The Morgan fingerprint density at radius 3 is 2.70 bits per heavy atom. The summed E-state index contributed by atoms with van der Waals surface area (Å²) in [6.45, 7) is 10.9. The van der Waals surface area contributed by atoms with Crippen molar-refractivity contribution in [3.8, 4) is 0 Å². The van der Waals surface area contributed by atoms with Crippen LogP contribution < -0.4 is 0 Å². The molecule has 1 fully saturated rings. The van der Waals surface area contributed by atoms with Crippen LogP contribution in [0.3, 0.4) is 0 Å². The molecule has 0 radical (unpaired) electrons. The second-order valence-electron chi connectivity index (χ2n) is 6.42. The van der Waals surface area contributed by atoms with Gasteiger partial charge < -0.3 is 9.47 Å². The molecule has 116 valence electrons. The van der Waals surface area contributed by atoms with E-state index in [0.29, 0.717) is 6.61 Å². The first-order valence-electron chi connectivity index (χ1n) is 7.87. The summed E-state index contributed by atoms with van der Waals surface area (Å²) >= 11 is 0. The molecule has 3 heteroatoms. The Morgan fingerprint density at radius 1 is 1.40 bits per heavy atom. The van der Waals surface area contributed by atoms with Gasteiger partial charge in [-0.1, -0.05) is 31.4 Å². The maximum atomic E-state index is 11.6. The van der Waals surface area contributed by atoms with Gasteiger partial charge in [0.1, 0.15) is 5.60 Å². The molecule has 0 aliphatic carbocycles. The maximum Gasteiger partial charge on any atom is 0.338 e. The predicted octanol–water partition coefficient (Wildman–Crippen LogP) is 4.26. The molecular weight excluding hydrogens is 252 g/mol. The van der Waals surface area contributed by atoms with Crippen LogP contribution in [0.5, 0.6) is 0 Å². The molecule has 0 aromatic heterocycles. The largest absolute Gasteiger partial charge is 0.464 e. The first kappa shape index (κ1) is 17.2. The molecule has 0 amide bonds. The zero-order valence-electron chi connectivity index (χ0n) is 13.7. The SMILES string of the molecule is CCOC(=O)C1OC1(C)CCCC(C)CCC=C(C)C. The Labute approximate surface area is 123 Å². The molecule has 1 heterocycles. The van der Waals surface area contributed by atoms with Crippen LogP contribution in [-0.4, -0.2) is 24.3 Å². The van der Waals surface area contributed by atoms with E-state index in [-0.39, 0.29) is 17.7 Å². The van der Waals surface area contributed by atoms with Crippen LogP contribution >= 0.6 is 0 Å². The van der Waals surface area contributed by atoms with Gasteiger partial charge in [0.25, 0.3) is 0 Å². The first-order valence-corrected chi connectivity index (χ1v) is 7.87. The minimum atomic E-state index is -0.330. The van der Waals surface area contributed by atoms with E-state index >= 15 is 0 Å². The standard InChI is InChI=1S/C17H30O3/c1-6-19-16(18)15-17(5,20-15)12-8-11-14(4)10-7-9-13(2)3/h9,14-15H,6-8,10-12H2,1-5H3. The third kappa shape index (κ3) is 5.66. The first-order chi connectivity index (χ1) is 9.39. The van der Waals surface area contributed by atoms with Crippen LogP contribution in [0.2, 0.25) is 0 Å². The number of carbonyl (C=O) groups excluding carboxylic acids is 1. The molecule has 3 unspecified atom stereocenters. The minimum absolute atomic E-state index is 0.202. The van der Waals surface area contributed by atoms with Gasteiger partial charge in [0.05, 0.1) is 6.61 Å². The molecule has 0 N–H and O–H groups in total. The van der Waals surface area contributed by atoms with Crippen molar-refractivity contribution in [2.24, 2.45) is 5.92 Å². The van der Waals surface area contributed by atoms with Gasteiger partial charge >= 0.3 is 5.97 Å². The van der Waals surface area contributed by atoms with Crippen LogP contribution in [-0.2, 0) is 14.3 Å². The summed E-state index contributed by atoms with van der Waals surface area (Å²) in [4.78, 5) is 11.6. The van der Waals surface area contributed by atoms with E-state index in [0.717, 1.165) is 18.8 Å². The second-order valence-corrected chi connectivity index (χ2v) is 6.42. The molecule has 0 bridgehead atoms. The molecule has 1 rings (SSSR count). The van der Waals surface area contributed by atoms with Crippen molar-refractivity contribution >= 4 is 5.97 Å². The quantitative estimate of drug-likeness (QED) is 0.360. The van der Waals surface area contributed by atoms with E-state index in [4.69, 9.17) is 9.47 Å². The molecule has 0 aromatic rings. The Kier molecular flexibility index (Phi) is 6.74. The summed E-state index contributed by atoms with van der Waals surface area (Å²) < 4.78 is 10.5. The van der Waals surface area contributed by atoms with E-state index in [1.165, 1.54) is 24.8 Å². The third-order valence-electron chi connectivity index (χ3n) is 3.97. The summed E-state index contributed by atoms with van der Waals surface area (Å²) in [6, 6.07) is 0. The fourth-order valence-electron chi connectivity index (χ4n) is 2.54. The number of ether oxygens (including phenoxy) is 2. The molecule has 3 nitrogen and oxygen atoms in total. The number of hydrogen-bond acceptors (Lipinski definition) is 3. The normalized spacial score (nSPS) is 25.9. The van der Waals surface area contributed by atoms with Gasteiger partial charge in [-0.15, -0.1) is 0 Å². The van der Waals surface area contributed by atoms with Crippen molar-refractivity contribution in [3.63, 3.8) is 0 Å². The van der Waals surface area contributed by atoms with Crippen LogP contribution in [0, 0.1) is 5.92 Å². The number of rotatable bonds is 9. The van der Waals surface area contributed by atoms with Crippen molar-refractivity contribution in [3.05, 3.63) is 11.6 Å². The number of hydrogen-bond donors (Lipinski definition) is 0. The highest BCUT2D eigenvalue weighted by Gasteiger charge is 2.57. The summed E-state index contributed by atoms with van der Waals surface area (Å²) in [6.07, 6.45) is 7.64. The summed E-state index contributed by atoms with van der Waals surface area (Å²) in [5.41, 5.74) is 1.12. The Hall–Kier alpha value is -0.830. The molecular formula is C17H30O3. The molecule has 0 saturated carbocycles. The van der Waals surface area contributed by atoms with Gasteiger partial charge in [-0.3, -0.25) is 0 Å². The predicted molar refractivity (Wildman–Crippen MR) is 81.6 cm³/mol. The lowest BCUT2D eigenvalue weighted by Gasteiger charge is -2.11. The van der Waals surface area contributed by atoms with E-state index < -0.39 is 0 Å². The van der Waals surface area contributed by atoms with Gasteiger partial charge in [0, 0.05) is 0 Å². The number of epoxide rings is 1. The summed E-state index contributed by atoms with van der Waals surface area (Å²) in [5, 5.41) is 0. The fourth-order valence-corrected chi connectivity index (χ4v) is 2.54. The Morgan fingerprint density at radius 2 is 2.10 bits per heavy atom. The van der Waals surface area contributed by atoms with Gasteiger partial charge in [-0.2, -0.15) is 0 Å².